The molecule has 1 aromatic carbocycles. The average Bonchev–Trinajstić information content (AvgIpc) is 2.70. The van der Waals surface area contributed by atoms with Gasteiger partial charge in [-0.25, -0.2) is 4.98 Å². The molecule has 0 saturated heterocycles. The largest absolute Gasteiger partial charge is 0.328 e. The van der Waals surface area contributed by atoms with Crippen molar-refractivity contribution in [1.82, 2.24) is 9.97 Å². The fraction of sp³-hybridized carbons (Fsp3) is 0. The number of halogens is 1. The number of imidazole rings is 1. The van der Waals surface area contributed by atoms with Crippen LogP contribution in [0.3, 0.4) is 0 Å². The monoisotopic (exact) mass is 206 g/mol. The first-order chi connectivity index (χ1) is 6.84. The molecule has 0 saturated carbocycles. The molecule has 1 heterocycles. The molecule has 0 radical (unpaired) electrons. The summed E-state index contributed by atoms with van der Waals surface area (Å²) in [4.78, 5) is 6.73. The van der Waals surface area contributed by atoms with Crippen LogP contribution in [0.4, 0.5) is 11.6 Å². The Labute approximate surface area is 85.7 Å². The maximum Gasteiger partial charge on any atom is 0.246 e. The highest BCUT2D eigenvalue weighted by Crippen LogP contribution is 2.17. The van der Waals surface area contributed by atoms with Crippen molar-refractivity contribution in [3.63, 3.8) is 0 Å². The minimum atomic E-state index is 0.486. The van der Waals surface area contributed by atoms with E-state index >= 15 is 0 Å². The zero-order valence-corrected chi connectivity index (χ0v) is 7.94. The number of benzene rings is 1. The lowest BCUT2D eigenvalue weighted by molar-refractivity contribution is 1.12. The van der Waals surface area contributed by atoms with Crippen LogP contribution >= 0.6 is 11.6 Å². The van der Waals surface area contributed by atoms with E-state index in [4.69, 9.17) is 11.6 Å². The van der Waals surface area contributed by atoms with Crippen LogP contribution in [0.2, 0.25) is 5.02 Å². The molecule has 14 heavy (non-hydrogen) atoms. The normalized spacial score (nSPS) is 10.9. The molecule has 2 aromatic rings. The Balaban J connectivity index is 2.15. The standard InChI is InChI=1S/C9H7ClN4/c10-7-1-3-8(4-2-7)13-14-9-11-5-6-12-9/h1-6H,(H,11,12)/b14-13+. The summed E-state index contributed by atoms with van der Waals surface area (Å²) in [6.07, 6.45) is 3.31. The van der Waals surface area contributed by atoms with Crippen molar-refractivity contribution in [2.75, 3.05) is 0 Å². The molecule has 0 fully saturated rings. The first kappa shape index (κ1) is 8.90. The smallest absolute Gasteiger partial charge is 0.246 e. The Bertz CT molecular complexity index is 419. The number of nitrogens with one attached hydrogen (secondary N) is 1. The van der Waals surface area contributed by atoms with Gasteiger partial charge in [0.05, 0.1) is 5.69 Å². The Morgan fingerprint density at radius 3 is 2.57 bits per heavy atom. The molecule has 4 nitrogen and oxygen atoms in total. The molecule has 1 aromatic heterocycles. The van der Waals surface area contributed by atoms with Gasteiger partial charge >= 0.3 is 0 Å². The Hall–Kier alpha value is -1.68. The summed E-state index contributed by atoms with van der Waals surface area (Å²) in [6, 6.07) is 7.10. The van der Waals surface area contributed by atoms with E-state index in [0.717, 1.165) is 5.69 Å². The first-order valence-corrected chi connectivity index (χ1v) is 4.39. The van der Waals surface area contributed by atoms with E-state index in [9.17, 15) is 0 Å². The molecular weight excluding hydrogens is 200 g/mol. The number of H-pyrrole nitrogens is 1. The van der Waals surface area contributed by atoms with Crippen molar-refractivity contribution in [3.8, 4) is 0 Å². The van der Waals surface area contributed by atoms with Crippen molar-refractivity contribution in [2.24, 2.45) is 10.2 Å². The zero-order valence-electron chi connectivity index (χ0n) is 7.18. The third kappa shape index (κ3) is 2.17. The maximum absolute atomic E-state index is 5.72. The summed E-state index contributed by atoms with van der Waals surface area (Å²) in [5, 5.41) is 8.53. The van der Waals surface area contributed by atoms with Gasteiger partial charge in [0, 0.05) is 17.4 Å². The topological polar surface area (TPSA) is 53.4 Å². The number of rotatable bonds is 2. The van der Waals surface area contributed by atoms with Gasteiger partial charge < -0.3 is 4.98 Å². The van der Waals surface area contributed by atoms with E-state index < -0.39 is 0 Å². The van der Waals surface area contributed by atoms with Crippen LogP contribution in [-0.2, 0) is 0 Å². The second kappa shape index (κ2) is 4.02. The van der Waals surface area contributed by atoms with Gasteiger partial charge in [0.15, 0.2) is 0 Å². The van der Waals surface area contributed by atoms with Crippen LogP contribution < -0.4 is 0 Å². The molecule has 0 atom stereocenters. The van der Waals surface area contributed by atoms with Gasteiger partial charge in [0.1, 0.15) is 0 Å². The van der Waals surface area contributed by atoms with Gasteiger partial charge in [0.2, 0.25) is 5.95 Å². The first-order valence-electron chi connectivity index (χ1n) is 4.01. The summed E-state index contributed by atoms with van der Waals surface area (Å²) in [5.74, 6) is 0.486. The third-order valence-electron chi connectivity index (χ3n) is 1.57. The lowest BCUT2D eigenvalue weighted by atomic mass is 10.3. The quantitative estimate of drug-likeness (QED) is 0.752. The fourth-order valence-corrected chi connectivity index (χ4v) is 1.05. The van der Waals surface area contributed by atoms with E-state index in [-0.39, 0.29) is 0 Å². The number of aromatic nitrogens is 2. The van der Waals surface area contributed by atoms with E-state index in [0.29, 0.717) is 11.0 Å². The molecule has 5 heteroatoms. The minimum Gasteiger partial charge on any atom is -0.328 e. The van der Waals surface area contributed by atoms with E-state index in [1.165, 1.54) is 0 Å². The molecule has 0 unspecified atom stereocenters. The van der Waals surface area contributed by atoms with Crippen molar-refractivity contribution in [3.05, 3.63) is 41.7 Å². The van der Waals surface area contributed by atoms with Crippen molar-refractivity contribution >= 4 is 23.2 Å². The lowest BCUT2D eigenvalue weighted by Crippen LogP contribution is -1.65. The van der Waals surface area contributed by atoms with Crippen LogP contribution in [0, 0.1) is 0 Å². The SMILES string of the molecule is Clc1ccc(/N=N/c2ncc[nH]2)cc1. The fourth-order valence-electron chi connectivity index (χ4n) is 0.924. The molecule has 1 N–H and O–H groups in total. The Morgan fingerprint density at radius 2 is 1.93 bits per heavy atom. The van der Waals surface area contributed by atoms with Crippen LogP contribution in [0.25, 0.3) is 0 Å². The van der Waals surface area contributed by atoms with E-state index in [1.54, 1.807) is 36.7 Å². The van der Waals surface area contributed by atoms with Gasteiger partial charge in [-0.3, -0.25) is 0 Å². The highest BCUT2D eigenvalue weighted by Gasteiger charge is 1.91. The second-order valence-corrected chi connectivity index (χ2v) is 3.03. The predicted octanol–water partition coefficient (Wildman–Crippen LogP) is 3.48. The summed E-state index contributed by atoms with van der Waals surface area (Å²) in [6.45, 7) is 0. The highest BCUT2D eigenvalue weighted by atomic mass is 35.5. The molecule has 0 bridgehead atoms. The molecule has 0 spiro atoms. The van der Waals surface area contributed by atoms with E-state index in [1.807, 2.05) is 0 Å². The molecule has 70 valence electrons. The summed E-state index contributed by atoms with van der Waals surface area (Å²) >= 11 is 5.72. The average molecular weight is 207 g/mol. The van der Waals surface area contributed by atoms with E-state index in [2.05, 4.69) is 20.2 Å². The van der Waals surface area contributed by atoms with Gasteiger partial charge in [0.25, 0.3) is 0 Å². The van der Waals surface area contributed by atoms with Gasteiger partial charge in [-0.1, -0.05) is 11.6 Å². The molecular formula is C9H7ClN4. The van der Waals surface area contributed by atoms with Crippen molar-refractivity contribution < 1.29 is 0 Å². The minimum absolute atomic E-state index is 0.486. The van der Waals surface area contributed by atoms with Gasteiger partial charge in [-0.05, 0) is 24.3 Å². The van der Waals surface area contributed by atoms with Crippen LogP contribution in [0.5, 0.6) is 0 Å². The summed E-state index contributed by atoms with van der Waals surface area (Å²) < 4.78 is 0. The van der Waals surface area contributed by atoms with Crippen LogP contribution in [-0.4, -0.2) is 9.97 Å². The van der Waals surface area contributed by atoms with Crippen molar-refractivity contribution in [2.45, 2.75) is 0 Å². The van der Waals surface area contributed by atoms with Crippen LogP contribution in [0.1, 0.15) is 0 Å². The second-order valence-electron chi connectivity index (χ2n) is 2.59. The number of aromatic amines is 1. The summed E-state index contributed by atoms with van der Waals surface area (Å²) in [5.41, 5.74) is 0.741. The Morgan fingerprint density at radius 1 is 1.14 bits per heavy atom. The molecule has 0 aliphatic heterocycles. The van der Waals surface area contributed by atoms with Gasteiger partial charge in [-0.15, -0.1) is 10.2 Å². The molecule has 0 amide bonds. The number of nitrogens with zero attached hydrogens (tertiary/aromatic N) is 3. The number of hydrogen-bond acceptors (Lipinski definition) is 3. The molecule has 0 aliphatic rings. The number of hydrogen-bond donors (Lipinski definition) is 1. The lowest BCUT2D eigenvalue weighted by Gasteiger charge is -1.90. The predicted molar refractivity (Wildman–Crippen MR) is 54.2 cm³/mol. The number of azo groups is 1. The third-order valence-corrected chi connectivity index (χ3v) is 1.82. The van der Waals surface area contributed by atoms with Crippen molar-refractivity contribution in [1.29, 1.82) is 0 Å². The Kier molecular flexibility index (Phi) is 2.55. The zero-order chi connectivity index (χ0) is 9.80. The maximum atomic E-state index is 5.72. The van der Waals surface area contributed by atoms with Crippen LogP contribution in [0.15, 0.2) is 46.9 Å². The molecule has 0 aliphatic carbocycles. The highest BCUT2D eigenvalue weighted by molar-refractivity contribution is 6.30. The summed E-state index contributed by atoms with van der Waals surface area (Å²) in [7, 11) is 0. The van der Waals surface area contributed by atoms with Gasteiger partial charge in [-0.2, -0.15) is 0 Å². The molecule has 2 rings (SSSR count).